The van der Waals surface area contributed by atoms with E-state index >= 15 is 0 Å². The van der Waals surface area contributed by atoms with E-state index in [1.54, 1.807) is 52.1 Å². The van der Waals surface area contributed by atoms with Crippen molar-refractivity contribution >= 4 is 29.3 Å². The molecule has 0 saturated heterocycles. The quantitative estimate of drug-likeness (QED) is 0.589. The minimum absolute atomic E-state index is 0.106. The molecule has 154 valence electrons. The maximum atomic E-state index is 12.9. The molecular formula is C21H25N3O5. The van der Waals surface area contributed by atoms with Crippen LogP contribution in [0.5, 0.6) is 0 Å². The zero-order valence-electron chi connectivity index (χ0n) is 16.8. The average molecular weight is 399 g/mol. The van der Waals surface area contributed by atoms with Crippen molar-refractivity contribution in [3.05, 3.63) is 59.7 Å². The maximum Gasteiger partial charge on any atom is 0.408 e. The Balaban J connectivity index is 2.23. The first-order valence-electron chi connectivity index (χ1n) is 9.00. The van der Waals surface area contributed by atoms with E-state index in [-0.39, 0.29) is 5.56 Å². The van der Waals surface area contributed by atoms with Crippen LogP contribution in [0.15, 0.2) is 48.5 Å². The Morgan fingerprint density at radius 2 is 1.48 bits per heavy atom. The van der Waals surface area contributed by atoms with Crippen LogP contribution in [-0.2, 0) is 9.53 Å². The predicted octanol–water partition coefficient (Wildman–Crippen LogP) is 3.63. The van der Waals surface area contributed by atoms with Gasteiger partial charge in [-0.2, -0.15) is 0 Å². The standard InChI is InChI=1S/C21H25N3O5/c1-21(2,3)29-20(28)24-17(13-5-9-15(22-4)10-6-13)18(25)23-16-11-7-14(8-12-16)19(26)27/h5-12,17,22H,1-4H3,(H,23,25)(H,24,28)(H,26,27)/t17-/m0/s1. The number of alkyl carbamates (subject to hydrolysis) is 1. The molecule has 0 aromatic heterocycles. The summed E-state index contributed by atoms with van der Waals surface area (Å²) >= 11 is 0. The molecule has 0 saturated carbocycles. The van der Waals surface area contributed by atoms with Crippen molar-refractivity contribution < 1.29 is 24.2 Å². The van der Waals surface area contributed by atoms with Crippen molar-refractivity contribution in [2.75, 3.05) is 17.7 Å². The third-order valence-electron chi connectivity index (χ3n) is 3.86. The SMILES string of the molecule is CNc1ccc([C@H](NC(=O)OC(C)(C)C)C(=O)Nc2ccc(C(=O)O)cc2)cc1. The summed E-state index contributed by atoms with van der Waals surface area (Å²) in [6.07, 6.45) is -0.725. The van der Waals surface area contributed by atoms with Gasteiger partial charge in [0, 0.05) is 18.4 Å². The van der Waals surface area contributed by atoms with E-state index in [1.807, 2.05) is 0 Å². The molecule has 1 atom stereocenters. The van der Waals surface area contributed by atoms with E-state index in [2.05, 4.69) is 16.0 Å². The van der Waals surface area contributed by atoms with Crippen LogP contribution < -0.4 is 16.0 Å². The average Bonchev–Trinajstić information content (AvgIpc) is 2.65. The molecule has 0 aliphatic rings. The Morgan fingerprint density at radius 3 is 1.97 bits per heavy atom. The van der Waals surface area contributed by atoms with Gasteiger partial charge in [0.1, 0.15) is 11.6 Å². The zero-order chi connectivity index (χ0) is 21.6. The van der Waals surface area contributed by atoms with Crippen LogP contribution in [0.4, 0.5) is 16.2 Å². The van der Waals surface area contributed by atoms with Gasteiger partial charge >= 0.3 is 12.1 Å². The number of carboxylic acids is 1. The van der Waals surface area contributed by atoms with E-state index in [4.69, 9.17) is 9.84 Å². The van der Waals surface area contributed by atoms with Crippen molar-refractivity contribution in [3.63, 3.8) is 0 Å². The fraction of sp³-hybridized carbons (Fsp3) is 0.286. The summed E-state index contributed by atoms with van der Waals surface area (Å²) in [6, 6.07) is 11.7. The van der Waals surface area contributed by atoms with Crippen molar-refractivity contribution in [3.8, 4) is 0 Å². The number of hydrogen-bond donors (Lipinski definition) is 4. The van der Waals surface area contributed by atoms with E-state index in [9.17, 15) is 14.4 Å². The number of amides is 2. The van der Waals surface area contributed by atoms with Gasteiger partial charge in [-0.15, -0.1) is 0 Å². The van der Waals surface area contributed by atoms with Gasteiger partial charge in [-0.05, 0) is 62.7 Å². The number of rotatable bonds is 6. The van der Waals surface area contributed by atoms with Gasteiger partial charge in [0.15, 0.2) is 0 Å². The summed E-state index contributed by atoms with van der Waals surface area (Å²) in [6.45, 7) is 5.19. The second-order valence-electron chi connectivity index (χ2n) is 7.32. The number of benzene rings is 2. The highest BCUT2D eigenvalue weighted by molar-refractivity contribution is 5.98. The van der Waals surface area contributed by atoms with Gasteiger partial charge in [-0.1, -0.05) is 12.1 Å². The third kappa shape index (κ3) is 6.53. The highest BCUT2D eigenvalue weighted by Gasteiger charge is 2.26. The number of anilines is 2. The molecule has 2 aromatic rings. The van der Waals surface area contributed by atoms with Crippen molar-refractivity contribution in [1.82, 2.24) is 5.32 Å². The summed E-state index contributed by atoms with van der Waals surface area (Å²) in [5.41, 5.74) is 1.22. The smallest absolute Gasteiger partial charge is 0.408 e. The highest BCUT2D eigenvalue weighted by Crippen LogP contribution is 2.20. The Kier molecular flexibility index (Phi) is 6.82. The second-order valence-corrected chi connectivity index (χ2v) is 7.32. The first kappa shape index (κ1) is 21.7. The summed E-state index contributed by atoms with van der Waals surface area (Å²) < 4.78 is 5.27. The first-order chi connectivity index (χ1) is 13.6. The molecule has 8 nitrogen and oxygen atoms in total. The molecular weight excluding hydrogens is 374 g/mol. The van der Waals surface area contributed by atoms with Crippen LogP contribution in [0.25, 0.3) is 0 Å². The molecule has 0 unspecified atom stereocenters. The van der Waals surface area contributed by atoms with Crippen LogP contribution in [0, 0.1) is 0 Å². The van der Waals surface area contributed by atoms with Gasteiger partial charge in [-0.3, -0.25) is 4.79 Å². The molecule has 2 aromatic carbocycles. The predicted molar refractivity (Wildman–Crippen MR) is 110 cm³/mol. The second kappa shape index (κ2) is 9.09. The third-order valence-corrected chi connectivity index (χ3v) is 3.86. The number of ether oxygens (including phenoxy) is 1. The number of carboxylic acid groups (broad SMARTS) is 1. The molecule has 4 N–H and O–H groups in total. The molecule has 0 fully saturated rings. The summed E-state index contributed by atoms with van der Waals surface area (Å²) in [4.78, 5) is 36.1. The topological polar surface area (TPSA) is 117 Å². The molecule has 0 aliphatic heterocycles. The van der Waals surface area contributed by atoms with Crippen LogP contribution in [0.1, 0.15) is 42.7 Å². The molecule has 0 radical (unpaired) electrons. The van der Waals surface area contributed by atoms with Gasteiger partial charge in [-0.25, -0.2) is 9.59 Å². The number of hydrogen-bond acceptors (Lipinski definition) is 5. The van der Waals surface area contributed by atoms with Crippen molar-refractivity contribution in [2.24, 2.45) is 0 Å². The van der Waals surface area contributed by atoms with E-state index < -0.39 is 29.6 Å². The Bertz CT molecular complexity index is 871. The normalized spacial score (nSPS) is 11.9. The summed E-state index contributed by atoms with van der Waals surface area (Å²) in [7, 11) is 1.78. The van der Waals surface area contributed by atoms with Gasteiger partial charge < -0.3 is 25.8 Å². The van der Waals surface area contributed by atoms with Gasteiger partial charge in [0.2, 0.25) is 0 Å². The molecule has 8 heteroatoms. The fourth-order valence-electron chi connectivity index (χ4n) is 2.48. The molecule has 2 amide bonds. The molecule has 29 heavy (non-hydrogen) atoms. The molecule has 0 spiro atoms. The van der Waals surface area contributed by atoms with Crippen molar-refractivity contribution in [2.45, 2.75) is 32.4 Å². The summed E-state index contributed by atoms with van der Waals surface area (Å²) in [5.74, 6) is -1.55. The van der Waals surface area contributed by atoms with E-state index in [0.29, 0.717) is 11.3 Å². The van der Waals surface area contributed by atoms with E-state index in [1.165, 1.54) is 24.3 Å². The number of carbonyl (C=O) groups is 3. The summed E-state index contributed by atoms with van der Waals surface area (Å²) in [5, 5.41) is 17.2. The minimum Gasteiger partial charge on any atom is -0.478 e. The first-order valence-corrected chi connectivity index (χ1v) is 9.00. The monoisotopic (exact) mass is 399 g/mol. The Labute approximate surface area is 169 Å². The van der Waals surface area contributed by atoms with Crippen LogP contribution in [0.3, 0.4) is 0 Å². The lowest BCUT2D eigenvalue weighted by Gasteiger charge is -2.23. The highest BCUT2D eigenvalue weighted by atomic mass is 16.6. The lowest BCUT2D eigenvalue weighted by molar-refractivity contribution is -0.118. The molecule has 0 bridgehead atoms. The Hall–Kier alpha value is -3.55. The van der Waals surface area contributed by atoms with Gasteiger partial charge in [0.05, 0.1) is 5.56 Å². The van der Waals surface area contributed by atoms with Crippen LogP contribution in [0.2, 0.25) is 0 Å². The number of nitrogens with one attached hydrogen (secondary N) is 3. The fourth-order valence-corrected chi connectivity index (χ4v) is 2.48. The van der Waals surface area contributed by atoms with E-state index in [0.717, 1.165) is 5.69 Å². The lowest BCUT2D eigenvalue weighted by atomic mass is 10.1. The number of aromatic carboxylic acids is 1. The van der Waals surface area contributed by atoms with Crippen LogP contribution >= 0.6 is 0 Å². The molecule has 2 rings (SSSR count). The van der Waals surface area contributed by atoms with Gasteiger partial charge in [0.25, 0.3) is 5.91 Å². The lowest BCUT2D eigenvalue weighted by Crippen LogP contribution is -2.40. The number of carbonyl (C=O) groups excluding carboxylic acids is 2. The maximum absolute atomic E-state index is 12.9. The largest absolute Gasteiger partial charge is 0.478 e. The zero-order valence-corrected chi connectivity index (χ0v) is 16.8. The van der Waals surface area contributed by atoms with Crippen LogP contribution in [-0.4, -0.2) is 35.7 Å². The minimum atomic E-state index is -1.06. The van der Waals surface area contributed by atoms with Crippen molar-refractivity contribution in [1.29, 1.82) is 0 Å². The molecule has 0 aliphatic carbocycles. The Morgan fingerprint density at radius 1 is 0.931 bits per heavy atom. The molecule has 0 heterocycles.